The van der Waals surface area contributed by atoms with Gasteiger partial charge in [0.05, 0.1) is 10.9 Å². The number of benzene rings is 1. The molecule has 1 aliphatic rings. The number of nitrogens with one attached hydrogen (secondary N) is 2. The van der Waals surface area contributed by atoms with Crippen molar-refractivity contribution < 1.29 is 0 Å². The third kappa shape index (κ3) is 1.84. The number of nitrogen functional groups attached to an aromatic ring is 1. The van der Waals surface area contributed by atoms with E-state index in [0.717, 1.165) is 12.8 Å². The van der Waals surface area contributed by atoms with Crippen LogP contribution in [0.3, 0.4) is 0 Å². The Hall–Kier alpha value is -2.04. The molecule has 0 radical (unpaired) electrons. The van der Waals surface area contributed by atoms with Crippen LogP contribution in [-0.4, -0.2) is 16.0 Å². The first-order valence-electron chi connectivity index (χ1n) is 5.78. The Labute approximate surface area is 98.1 Å². The van der Waals surface area contributed by atoms with E-state index in [9.17, 15) is 4.79 Å². The molecule has 1 saturated carbocycles. The number of aromatic amines is 1. The van der Waals surface area contributed by atoms with Crippen LogP contribution in [-0.2, 0) is 0 Å². The first kappa shape index (κ1) is 10.1. The Balaban J connectivity index is 2.04. The molecule has 1 aliphatic carbocycles. The third-order valence-electron chi connectivity index (χ3n) is 3.18. The zero-order valence-electron chi connectivity index (χ0n) is 9.36. The second-order valence-electron chi connectivity index (χ2n) is 4.46. The van der Waals surface area contributed by atoms with Crippen LogP contribution in [0.1, 0.15) is 19.3 Å². The number of nitrogens with zero attached hydrogens (tertiary/aromatic N) is 1. The van der Waals surface area contributed by atoms with Gasteiger partial charge in [-0.1, -0.05) is 0 Å². The van der Waals surface area contributed by atoms with Crippen LogP contribution in [0.25, 0.3) is 10.9 Å². The lowest BCUT2D eigenvalue weighted by Crippen LogP contribution is -2.29. The van der Waals surface area contributed by atoms with Crippen molar-refractivity contribution >= 4 is 22.5 Å². The van der Waals surface area contributed by atoms with Crippen LogP contribution in [0, 0.1) is 0 Å². The molecule has 0 bridgehead atoms. The topological polar surface area (TPSA) is 83.8 Å². The maximum atomic E-state index is 11.8. The van der Waals surface area contributed by atoms with E-state index in [0.29, 0.717) is 28.6 Å². The van der Waals surface area contributed by atoms with Gasteiger partial charge in [0.2, 0.25) is 5.95 Å². The van der Waals surface area contributed by atoms with E-state index in [4.69, 9.17) is 5.73 Å². The van der Waals surface area contributed by atoms with Gasteiger partial charge in [-0.15, -0.1) is 0 Å². The molecular weight excluding hydrogens is 216 g/mol. The second-order valence-corrected chi connectivity index (χ2v) is 4.46. The van der Waals surface area contributed by atoms with E-state index in [1.807, 2.05) is 0 Å². The predicted octanol–water partition coefficient (Wildman–Crippen LogP) is 1.47. The Kier molecular flexibility index (Phi) is 2.24. The van der Waals surface area contributed by atoms with Crippen molar-refractivity contribution in [2.45, 2.75) is 25.3 Å². The van der Waals surface area contributed by atoms with Crippen LogP contribution in [0.4, 0.5) is 11.6 Å². The van der Waals surface area contributed by atoms with Crippen molar-refractivity contribution in [2.75, 3.05) is 11.1 Å². The van der Waals surface area contributed by atoms with Crippen molar-refractivity contribution in [1.29, 1.82) is 0 Å². The molecule has 1 aromatic heterocycles. The van der Waals surface area contributed by atoms with E-state index in [-0.39, 0.29) is 5.56 Å². The first-order chi connectivity index (χ1) is 8.22. The summed E-state index contributed by atoms with van der Waals surface area (Å²) in [6, 6.07) is 5.62. The van der Waals surface area contributed by atoms with Crippen LogP contribution >= 0.6 is 0 Å². The van der Waals surface area contributed by atoms with E-state index in [2.05, 4.69) is 15.3 Å². The lowest BCUT2D eigenvalue weighted by atomic mass is 9.93. The van der Waals surface area contributed by atoms with Crippen molar-refractivity contribution in [1.82, 2.24) is 9.97 Å². The van der Waals surface area contributed by atoms with Gasteiger partial charge in [-0.2, -0.15) is 0 Å². The highest BCUT2D eigenvalue weighted by molar-refractivity contribution is 5.81. The minimum Gasteiger partial charge on any atom is -0.399 e. The summed E-state index contributed by atoms with van der Waals surface area (Å²) in [5.74, 6) is 0.553. The molecule has 3 rings (SSSR count). The summed E-state index contributed by atoms with van der Waals surface area (Å²) in [6.45, 7) is 0. The van der Waals surface area contributed by atoms with Gasteiger partial charge in [-0.25, -0.2) is 4.98 Å². The average molecular weight is 230 g/mol. The maximum Gasteiger partial charge on any atom is 0.260 e. The zero-order chi connectivity index (χ0) is 11.8. The summed E-state index contributed by atoms with van der Waals surface area (Å²) in [5, 5.41) is 3.76. The van der Waals surface area contributed by atoms with Gasteiger partial charge >= 0.3 is 0 Å². The molecule has 2 aromatic rings. The van der Waals surface area contributed by atoms with Gasteiger partial charge in [0.25, 0.3) is 5.56 Å². The van der Waals surface area contributed by atoms with Crippen LogP contribution in [0.15, 0.2) is 23.0 Å². The van der Waals surface area contributed by atoms with Gasteiger partial charge in [-0.3, -0.25) is 9.78 Å². The summed E-state index contributed by atoms with van der Waals surface area (Å²) in [5.41, 5.74) is 6.74. The van der Waals surface area contributed by atoms with Crippen LogP contribution in [0.2, 0.25) is 0 Å². The monoisotopic (exact) mass is 230 g/mol. The number of nitrogens with two attached hydrogens (primary N) is 1. The van der Waals surface area contributed by atoms with Crippen LogP contribution in [0.5, 0.6) is 0 Å². The Morgan fingerprint density at radius 2 is 2.24 bits per heavy atom. The molecule has 1 fully saturated rings. The largest absolute Gasteiger partial charge is 0.399 e. The summed E-state index contributed by atoms with van der Waals surface area (Å²) >= 11 is 0. The fourth-order valence-electron chi connectivity index (χ4n) is 1.97. The van der Waals surface area contributed by atoms with E-state index in [1.54, 1.807) is 18.2 Å². The van der Waals surface area contributed by atoms with Crippen molar-refractivity contribution in [2.24, 2.45) is 0 Å². The smallest absolute Gasteiger partial charge is 0.260 e. The maximum absolute atomic E-state index is 11.8. The lowest BCUT2D eigenvalue weighted by Gasteiger charge is -2.26. The Bertz CT molecular complexity index is 615. The highest BCUT2D eigenvalue weighted by Gasteiger charge is 2.18. The molecule has 88 valence electrons. The highest BCUT2D eigenvalue weighted by Crippen LogP contribution is 2.21. The van der Waals surface area contributed by atoms with Gasteiger partial charge < -0.3 is 11.1 Å². The number of fused-ring (bicyclic) bond motifs is 1. The normalized spacial score (nSPS) is 15.8. The van der Waals surface area contributed by atoms with Crippen LogP contribution < -0.4 is 16.6 Å². The van der Waals surface area contributed by atoms with Crippen molar-refractivity contribution in [3.63, 3.8) is 0 Å². The highest BCUT2D eigenvalue weighted by atomic mass is 16.1. The molecule has 0 atom stereocenters. The molecule has 0 amide bonds. The molecular formula is C12H14N4O. The standard InChI is InChI=1S/C12H14N4O/c13-7-4-5-10-9(6-7)11(17)16-12(15-10)14-8-2-1-3-8/h4-6,8H,1-3,13H2,(H2,14,15,16,17). The molecule has 5 heteroatoms. The van der Waals surface area contributed by atoms with E-state index in [1.165, 1.54) is 6.42 Å². The lowest BCUT2D eigenvalue weighted by molar-refractivity contribution is 0.443. The van der Waals surface area contributed by atoms with Gasteiger partial charge in [0.15, 0.2) is 0 Å². The summed E-state index contributed by atoms with van der Waals surface area (Å²) in [4.78, 5) is 19.0. The average Bonchev–Trinajstić information content (AvgIpc) is 2.25. The Morgan fingerprint density at radius 1 is 1.41 bits per heavy atom. The van der Waals surface area contributed by atoms with Gasteiger partial charge in [0, 0.05) is 11.7 Å². The number of rotatable bonds is 2. The SMILES string of the molecule is Nc1ccc2nc(NC3CCC3)[nH]c(=O)c2c1. The van der Waals surface area contributed by atoms with Crippen molar-refractivity contribution in [3.05, 3.63) is 28.6 Å². The predicted molar refractivity (Wildman–Crippen MR) is 68.0 cm³/mol. The number of H-pyrrole nitrogens is 1. The van der Waals surface area contributed by atoms with E-state index < -0.39 is 0 Å². The molecule has 0 aliphatic heterocycles. The number of aromatic nitrogens is 2. The van der Waals surface area contributed by atoms with Gasteiger partial charge in [0.1, 0.15) is 0 Å². The third-order valence-corrected chi connectivity index (χ3v) is 3.18. The fourth-order valence-corrected chi connectivity index (χ4v) is 1.97. The minimum absolute atomic E-state index is 0.149. The molecule has 1 heterocycles. The number of hydrogen-bond donors (Lipinski definition) is 3. The molecule has 0 unspecified atom stereocenters. The number of hydrogen-bond acceptors (Lipinski definition) is 4. The summed E-state index contributed by atoms with van der Waals surface area (Å²) < 4.78 is 0. The Morgan fingerprint density at radius 3 is 2.94 bits per heavy atom. The molecule has 0 saturated heterocycles. The first-order valence-corrected chi connectivity index (χ1v) is 5.78. The minimum atomic E-state index is -0.149. The quantitative estimate of drug-likeness (QED) is 0.682. The number of anilines is 2. The summed E-state index contributed by atoms with van der Waals surface area (Å²) in [7, 11) is 0. The van der Waals surface area contributed by atoms with E-state index >= 15 is 0 Å². The molecule has 17 heavy (non-hydrogen) atoms. The second kappa shape index (κ2) is 3.76. The molecule has 0 spiro atoms. The molecule has 4 N–H and O–H groups in total. The molecule has 1 aromatic carbocycles. The summed E-state index contributed by atoms with van der Waals surface area (Å²) in [6.07, 6.45) is 3.53. The van der Waals surface area contributed by atoms with Gasteiger partial charge in [-0.05, 0) is 37.5 Å². The zero-order valence-corrected chi connectivity index (χ0v) is 9.36. The van der Waals surface area contributed by atoms with Crippen molar-refractivity contribution in [3.8, 4) is 0 Å². The fraction of sp³-hybridized carbons (Fsp3) is 0.333. The molecule has 5 nitrogen and oxygen atoms in total.